The van der Waals surface area contributed by atoms with E-state index in [2.05, 4.69) is 18.2 Å². The molecule has 0 aromatic heterocycles. The maximum atomic E-state index is 5.95. The lowest BCUT2D eigenvalue weighted by Crippen LogP contribution is -2.00. The molecule has 4 heteroatoms. The Labute approximate surface area is 130 Å². The van der Waals surface area contributed by atoms with Crippen molar-refractivity contribution in [3.8, 4) is 28.4 Å². The van der Waals surface area contributed by atoms with Crippen molar-refractivity contribution in [3.05, 3.63) is 35.4 Å². The van der Waals surface area contributed by atoms with Crippen molar-refractivity contribution < 1.29 is 14.2 Å². The summed E-state index contributed by atoms with van der Waals surface area (Å²) in [5.41, 5.74) is 11.5. The van der Waals surface area contributed by atoms with Gasteiger partial charge in [0.1, 0.15) is 0 Å². The number of rotatable bonds is 3. The zero-order chi connectivity index (χ0) is 15.7. The Morgan fingerprint density at radius 1 is 0.864 bits per heavy atom. The molecule has 0 saturated carbocycles. The summed E-state index contributed by atoms with van der Waals surface area (Å²) >= 11 is 0. The van der Waals surface area contributed by atoms with Gasteiger partial charge < -0.3 is 19.9 Å². The molecule has 0 atom stereocenters. The Morgan fingerprint density at radius 2 is 1.59 bits per heavy atom. The highest BCUT2D eigenvalue weighted by Crippen LogP contribution is 2.49. The van der Waals surface area contributed by atoms with Crippen LogP contribution in [-0.4, -0.2) is 21.3 Å². The SMILES string of the molecule is COc1cc2c(c(OC)c1OC)-c1ccc(N)cc1CCC2. The van der Waals surface area contributed by atoms with Gasteiger partial charge in [-0.15, -0.1) is 0 Å². The molecule has 0 saturated heterocycles. The Morgan fingerprint density at radius 3 is 2.27 bits per heavy atom. The van der Waals surface area contributed by atoms with Gasteiger partial charge in [-0.3, -0.25) is 0 Å². The van der Waals surface area contributed by atoms with E-state index in [0.717, 1.165) is 36.3 Å². The van der Waals surface area contributed by atoms with Crippen LogP contribution in [0, 0.1) is 0 Å². The Kier molecular flexibility index (Phi) is 3.84. The molecule has 0 fully saturated rings. The number of methoxy groups -OCH3 is 3. The van der Waals surface area contributed by atoms with E-state index in [9.17, 15) is 0 Å². The number of aryl methyl sites for hydroxylation is 2. The van der Waals surface area contributed by atoms with E-state index >= 15 is 0 Å². The molecule has 0 aliphatic heterocycles. The summed E-state index contributed by atoms with van der Waals surface area (Å²) in [4.78, 5) is 0. The van der Waals surface area contributed by atoms with E-state index < -0.39 is 0 Å². The molecule has 0 bridgehead atoms. The van der Waals surface area contributed by atoms with Crippen LogP contribution in [0.15, 0.2) is 24.3 Å². The van der Waals surface area contributed by atoms with Crippen molar-refractivity contribution in [2.75, 3.05) is 27.1 Å². The fourth-order valence-corrected chi connectivity index (χ4v) is 3.23. The minimum Gasteiger partial charge on any atom is -0.493 e. The minimum atomic E-state index is 0.633. The van der Waals surface area contributed by atoms with Crippen molar-refractivity contribution in [2.45, 2.75) is 19.3 Å². The summed E-state index contributed by atoms with van der Waals surface area (Å²) in [5, 5.41) is 0. The topological polar surface area (TPSA) is 53.7 Å². The quantitative estimate of drug-likeness (QED) is 0.882. The van der Waals surface area contributed by atoms with Gasteiger partial charge in [-0.2, -0.15) is 0 Å². The van der Waals surface area contributed by atoms with E-state index in [0.29, 0.717) is 11.5 Å². The number of ether oxygens (including phenoxy) is 3. The standard InChI is InChI=1S/C18H21NO3/c1-20-15-10-12-6-4-5-11-9-13(19)7-8-14(11)16(12)18(22-3)17(15)21-2/h7-10H,4-6,19H2,1-3H3. The molecule has 0 radical (unpaired) electrons. The summed E-state index contributed by atoms with van der Waals surface area (Å²) in [6.45, 7) is 0. The number of nitrogen functional groups attached to an aromatic ring is 1. The molecule has 2 aromatic carbocycles. The van der Waals surface area contributed by atoms with Gasteiger partial charge >= 0.3 is 0 Å². The highest BCUT2D eigenvalue weighted by molar-refractivity contribution is 5.83. The van der Waals surface area contributed by atoms with E-state index in [-0.39, 0.29) is 0 Å². The van der Waals surface area contributed by atoms with Gasteiger partial charge in [0.05, 0.1) is 21.3 Å². The smallest absolute Gasteiger partial charge is 0.203 e. The first kappa shape index (κ1) is 14.6. The van der Waals surface area contributed by atoms with Crippen molar-refractivity contribution in [3.63, 3.8) is 0 Å². The number of anilines is 1. The number of benzene rings is 2. The van der Waals surface area contributed by atoms with Gasteiger partial charge in [-0.1, -0.05) is 6.07 Å². The number of fused-ring (bicyclic) bond motifs is 3. The van der Waals surface area contributed by atoms with Crippen LogP contribution in [0.5, 0.6) is 17.2 Å². The average molecular weight is 299 g/mol. The molecule has 1 aliphatic rings. The normalized spacial score (nSPS) is 12.9. The van der Waals surface area contributed by atoms with Gasteiger partial charge in [0, 0.05) is 11.3 Å². The van der Waals surface area contributed by atoms with Crippen LogP contribution in [0.2, 0.25) is 0 Å². The fourth-order valence-electron chi connectivity index (χ4n) is 3.23. The molecule has 1 aliphatic carbocycles. The average Bonchev–Trinajstić information content (AvgIpc) is 2.71. The van der Waals surface area contributed by atoms with Crippen molar-refractivity contribution in [1.82, 2.24) is 0 Å². The molecule has 0 spiro atoms. The monoisotopic (exact) mass is 299 g/mol. The molecule has 2 aromatic rings. The maximum absolute atomic E-state index is 5.95. The summed E-state index contributed by atoms with van der Waals surface area (Å²) in [5.74, 6) is 2.06. The van der Waals surface area contributed by atoms with Crippen molar-refractivity contribution in [1.29, 1.82) is 0 Å². The van der Waals surface area contributed by atoms with Crippen LogP contribution in [0.4, 0.5) is 5.69 Å². The predicted molar refractivity (Wildman–Crippen MR) is 88.0 cm³/mol. The number of hydrogen-bond acceptors (Lipinski definition) is 4. The van der Waals surface area contributed by atoms with E-state index in [4.69, 9.17) is 19.9 Å². The highest BCUT2D eigenvalue weighted by Gasteiger charge is 2.25. The Bertz CT molecular complexity index is 710. The Balaban J connectivity index is 2.34. The summed E-state index contributed by atoms with van der Waals surface area (Å²) in [6.07, 6.45) is 3.05. The van der Waals surface area contributed by atoms with Crippen LogP contribution < -0.4 is 19.9 Å². The van der Waals surface area contributed by atoms with Crippen LogP contribution in [0.25, 0.3) is 11.1 Å². The van der Waals surface area contributed by atoms with Gasteiger partial charge in [-0.05, 0) is 54.2 Å². The van der Waals surface area contributed by atoms with Crippen molar-refractivity contribution >= 4 is 5.69 Å². The lowest BCUT2D eigenvalue weighted by atomic mass is 9.94. The lowest BCUT2D eigenvalue weighted by molar-refractivity contribution is 0.324. The van der Waals surface area contributed by atoms with Gasteiger partial charge in [0.2, 0.25) is 5.75 Å². The van der Waals surface area contributed by atoms with Gasteiger partial charge in [0.15, 0.2) is 11.5 Å². The zero-order valence-electron chi connectivity index (χ0n) is 13.2. The first-order valence-electron chi connectivity index (χ1n) is 7.40. The third kappa shape index (κ3) is 2.25. The fraction of sp³-hybridized carbons (Fsp3) is 0.333. The van der Waals surface area contributed by atoms with Crippen LogP contribution in [0.1, 0.15) is 17.5 Å². The van der Waals surface area contributed by atoms with Crippen LogP contribution in [-0.2, 0) is 12.8 Å². The second-order valence-electron chi connectivity index (χ2n) is 5.45. The second-order valence-corrected chi connectivity index (χ2v) is 5.45. The molecule has 0 amide bonds. The van der Waals surface area contributed by atoms with Crippen LogP contribution in [0.3, 0.4) is 0 Å². The molecule has 22 heavy (non-hydrogen) atoms. The highest BCUT2D eigenvalue weighted by atomic mass is 16.5. The molecular formula is C18H21NO3. The minimum absolute atomic E-state index is 0.633. The predicted octanol–water partition coefficient (Wildman–Crippen LogP) is 3.45. The summed E-state index contributed by atoms with van der Waals surface area (Å²) in [7, 11) is 4.95. The Hall–Kier alpha value is -2.36. The van der Waals surface area contributed by atoms with Gasteiger partial charge in [-0.25, -0.2) is 0 Å². The van der Waals surface area contributed by atoms with E-state index in [1.807, 2.05) is 6.07 Å². The zero-order valence-corrected chi connectivity index (χ0v) is 13.2. The molecule has 116 valence electrons. The second kappa shape index (κ2) is 5.79. The van der Waals surface area contributed by atoms with Crippen LogP contribution >= 0.6 is 0 Å². The largest absolute Gasteiger partial charge is 0.493 e. The molecule has 3 rings (SSSR count). The maximum Gasteiger partial charge on any atom is 0.203 e. The first-order valence-corrected chi connectivity index (χ1v) is 7.40. The third-order valence-electron chi connectivity index (χ3n) is 4.20. The van der Waals surface area contributed by atoms with E-state index in [1.165, 1.54) is 16.7 Å². The summed E-state index contributed by atoms with van der Waals surface area (Å²) in [6, 6.07) is 8.12. The molecule has 2 N–H and O–H groups in total. The lowest BCUT2D eigenvalue weighted by Gasteiger charge is -2.19. The summed E-state index contributed by atoms with van der Waals surface area (Å²) < 4.78 is 16.7. The first-order chi connectivity index (χ1) is 10.7. The molecule has 0 unspecified atom stereocenters. The molecular weight excluding hydrogens is 278 g/mol. The van der Waals surface area contributed by atoms with E-state index in [1.54, 1.807) is 21.3 Å². The molecule has 0 heterocycles. The van der Waals surface area contributed by atoms with Crippen molar-refractivity contribution in [2.24, 2.45) is 0 Å². The van der Waals surface area contributed by atoms with Gasteiger partial charge in [0.25, 0.3) is 0 Å². The third-order valence-corrected chi connectivity index (χ3v) is 4.20. The molecule has 4 nitrogen and oxygen atoms in total. The number of nitrogens with two attached hydrogens (primary N) is 1. The number of hydrogen-bond donors (Lipinski definition) is 1.